The third-order valence-corrected chi connectivity index (χ3v) is 4.97. The zero-order chi connectivity index (χ0) is 18.6. The lowest BCUT2D eigenvalue weighted by Gasteiger charge is -2.31. The minimum Gasteiger partial charge on any atom is -0.466 e. The van der Waals surface area contributed by atoms with Crippen molar-refractivity contribution in [2.45, 2.75) is 33.1 Å². The van der Waals surface area contributed by atoms with Crippen LogP contribution in [0.15, 0.2) is 40.9 Å². The first-order valence-electron chi connectivity index (χ1n) is 9.54. The Kier molecular flexibility index (Phi) is 5.05. The highest BCUT2D eigenvalue weighted by Crippen LogP contribution is 2.27. The Hall–Kier alpha value is -2.89. The molecule has 0 amide bonds. The highest BCUT2D eigenvalue weighted by Gasteiger charge is 2.15. The van der Waals surface area contributed by atoms with E-state index in [4.69, 9.17) is 4.42 Å². The van der Waals surface area contributed by atoms with Gasteiger partial charge in [-0.15, -0.1) is 5.10 Å². The van der Waals surface area contributed by atoms with E-state index in [2.05, 4.69) is 49.7 Å². The second kappa shape index (κ2) is 7.78. The first kappa shape index (κ1) is 17.5. The van der Waals surface area contributed by atoms with E-state index in [1.54, 1.807) is 6.20 Å². The second-order valence-corrected chi connectivity index (χ2v) is 6.99. The highest BCUT2D eigenvalue weighted by atomic mass is 16.3. The van der Waals surface area contributed by atoms with Gasteiger partial charge in [0.1, 0.15) is 11.5 Å². The molecule has 0 atom stereocenters. The molecular weight excluding hydrogens is 338 g/mol. The van der Waals surface area contributed by atoms with Crippen LogP contribution in [0.1, 0.15) is 29.9 Å². The van der Waals surface area contributed by atoms with Crippen molar-refractivity contribution in [1.82, 2.24) is 15.2 Å². The Labute approximate surface area is 159 Å². The summed E-state index contributed by atoms with van der Waals surface area (Å²) in [7, 11) is 0. The van der Waals surface area contributed by atoms with E-state index in [-0.39, 0.29) is 0 Å². The van der Waals surface area contributed by atoms with E-state index in [0.29, 0.717) is 5.95 Å². The van der Waals surface area contributed by atoms with Crippen molar-refractivity contribution in [3.63, 3.8) is 0 Å². The molecule has 3 heterocycles. The van der Waals surface area contributed by atoms with Gasteiger partial charge in [-0.3, -0.25) is 0 Å². The molecule has 1 aliphatic rings. The van der Waals surface area contributed by atoms with E-state index < -0.39 is 0 Å². The third kappa shape index (κ3) is 3.94. The topological polar surface area (TPSA) is 67.1 Å². The first-order valence-corrected chi connectivity index (χ1v) is 9.54. The van der Waals surface area contributed by atoms with Gasteiger partial charge in [-0.1, -0.05) is 18.2 Å². The van der Waals surface area contributed by atoms with Crippen LogP contribution in [0.3, 0.4) is 0 Å². The molecule has 6 nitrogen and oxygen atoms in total. The van der Waals surface area contributed by atoms with E-state index in [1.165, 1.54) is 24.1 Å². The van der Waals surface area contributed by atoms with Crippen LogP contribution in [0, 0.1) is 13.8 Å². The highest BCUT2D eigenvalue weighted by molar-refractivity contribution is 5.61. The summed E-state index contributed by atoms with van der Waals surface area (Å²) >= 11 is 0. The zero-order valence-electron chi connectivity index (χ0n) is 15.9. The zero-order valence-corrected chi connectivity index (χ0v) is 15.9. The van der Waals surface area contributed by atoms with Crippen molar-refractivity contribution >= 4 is 11.6 Å². The van der Waals surface area contributed by atoms with Gasteiger partial charge in [-0.2, -0.15) is 5.10 Å². The maximum absolute atomic E-state index is 5.59. The number of hydrogen-bond donors (Lipinski definition) is 1. The molecule has 3 aromatic rings. The second-order valence-electron chi connectivity index (χ2n) is 6.99. The molecule has 1 N–H and O–H groups in total. The van der Waals surface area contributed by atoms with E-state index in [1.807, 2.05) is 19.9 Å². The Morgan fingerprint density at radius 2 is 2.11 bits per heavy atom. The molecule has 0 unspecified atom stereocenters. The number of fused-ring (bicyclic) bond motifs is 1. The van der Waals surface area contributed by atoms with Crippen LogP contribution in [-0.4, -0.2) is 34.8 Å². The molecule has 0 radical (unpaired) electrons. The molecule has 140 valence electrons. The third-order valence-electron chi connectivity index (χ3n) is 4.97. The lowest BCUT2D eigenvalue weighted by molar-refractivity contribution is 0.505. The minimum atomic E-state index is 0.560. The van der Waals surface area contributed by atoms with Gasteiger partial charge >= 0.3 is 0 Å². The predicted octanol–water partition coefficient (Wildman–Crippen LogP) is 4.00. The Morgan fingerprint density at radius 3 is 2.96 bits per heavy atom. The largest absolute Gasteiger partial charge is 0.466 e. The number of aromatic nitrogens is 3. The Balaban J connectivity index is 1.34. The summed E-state index contributed by atoms with van der Waals surface area (Å²) in [6.07, 6.45) is 5.10. The number of nitrogens with one attached hydrogen (secondary N) is 1. The van der Waals surface area contributed by atoms with Gasteiger partial charge < -0.3 is 14.6 Å². The van der Waals surface area contributed by atoms with Gasteiger partial charge in [-0.05, 0) is 50.8 Å². The molecule has 4 rings (SSSR count). The van der Waals surface area contributed by atoms with Crippen LogP contribution in [0.5, 0.6) is 0 Å². The van der Waals surface area contributed by atoms with E-state index >= 15 is 0 Å². The SMILES string of the molecule is Cc1cc(-c2cnnc(NCCCN3CCCc4ccccc43)n2)c(C)o1. The molecule has 2 aromatic heterocycles. The standard InChI is InChI=1S/C21H25N5O/c1-15-13-18(16(2)27-15)19-14-23-25-21(24-19)22-10-6-12-26-11-5-8-17-7-3-4-9-20(17)26/h3-4,7,9,13-14H,5-6,8,10-12H2,1-2H3,(H,22,24,25). The van der Waals surface area contributed by atoms with Crippen LogP contribution < -0.4 is 10.2 Å². The normalized spacial score (nSPS) is 13.5. The fraction of sp³-hybridized carbons (Fsp3) is 0.381. The van der Waals surface area contributed by atoms with Crippen molar-refractivity contribution in [2.24, 2.45) is 0 Å². The number of rotatable bonds is 6. The molecule has 1 aromatic carbocycles. The Bertz CT molecular complexity index is 920. The van der Waals surface area contributed by atoms with Gasteiger partial charge in [0.2, 0.25) is 5.95 Å². The minimum absolute atomic E-state index is 0.560. The van der Waals surface area contributed by atoms with E-state index in [9.17, 15) is 0 Å². The molecule has 0 bridgehead atoms. The molecule has 0 spiro atoms. The van der Waals surface area contributed by atoms with Crippen molar-refractivity contribution in [1.29, 1.82) is 0 Å². The molecule has 0 aliphatic carbocycles. The molecule has 27 heavy (non-hydrogen) atoms. The number of furan rings is 1. The summed E-state index contributed by atoms with van der Waals surface area (Å²) in [6, 6.07) is 10.7. The van der Waals surface area contributed by atoms with Gasteiger partial charge in [0.15, 0.2) is 0 Å². The summed E-state index contributed by atoms with van der Waals surface area (Å²) in [5.41, 5.74) is 4.60. The molecule has 6 heteroatoms. The fourth-order valence-electron chi connectivity index (χ4n) is 3.71. The van der Waals surface area contributed by atoms with Crippen molar-refractivity contribution in [3.05, 3.63) is 53.6 Å². The summed E-state index contributed by atoms with van der Waals surface area (Å²) in [6.45, 7) is 6.84. The van der Waals surface area contributed by atoms with Gasteiger partial charge in [0.25, 0.3) is 0 Å². The van der Waals surface area contributed by atoms with Crippen LogP contribution >= 0.6 is 0 Å². The number of nitrogens with zero attached hydrogens (tertiary/aromatic N) is 4. The van der Waals surface area contributed by atoms with Crippen molar-refractivity contribution in [2.75, 3.05) is 29.9 Å². The lowest BCUT2D eigenvalue weighted by atomic mass is 10.0. The van der Waals surface area contributed by atoms with E-state index in [0.717, 1.165) is 48.8 Å². The van der Waals surface area contributed by atoms with Crippen LogP contribution in [0.4, 0.5) is 11.6 Å². The van der Waals surface area contributed by atoms with Gasteiger partial charge in [0, 0.05) is 30.9 Å². The molecule has 1 aliphatic heterocycles. The fourth-order valence-corrected chi connectivity index (χ4v) is 3.71. The van der Waals surface area contributed by atoms with Crippen LogP contribution in [0.25, 0.3) is 11.3 Å². The monoisotopic (exact) mass is 363 g/mol. The number of hydrogen-bond acceptors (Lipinski definition) is 6. The average Bonchev–Trinajstić information content (AvgIpc) is 3.04. The summed E-state index contributed by atoms with van der Waals surface area (Å²) < 4.78 is 5.59. The Morgan fingerprint density at radius 1 is 1.22 bits per heavy atom. The summed E-state index contributed by atoms with van der Waals surface area (Å²) in [5, 5.41) is 11.5. The molecule has 0 fully saturated rings. The number of aryl methyl sites for hydroxylation is 3. The number of anilines is 2. The smallest absolute Gasteiger partial charge is 0.243 e. The molecule has 0 saturated carbocycles. The van der Waals surface area contributed by atoms with Crippen molar-refractivity contribution < 1.29 is 4.42 Å². The maximum Gasteiger partial charge on any atom is 0.243 e. The van der Waals surface area contributed by atoms with Gasteiger partial charge in [-0.25, -0.2) is 4.98 Å². The predicted molar refractivity (Wildman–Crippen MR) is 107 cm³/mol. The average molecular weight is 363 g/mol. The van der Waals surface area contributed by atoms with Crippen LogP contribution in [0.2, 0.25) is 0 Å². The summed E-state index contributed by atoms with van der Waals surface area (Å²) in [4.78, 5) is 7.06. The number of benzene rings is 1. The first-order chi connectivity index (χ1) is 13.2. The number of para-hydroxylation sites is 1. The molecule has 0 saturated heterocycles. The quantitative estimate of drug-likeness (QED) is 0.668. The summed E-state index contributed by atoms with van der Waals surface area (Å²) in [5.74, 6) is 2.28. The van der Waals surface area contributed by atoms with Crippen molar-refractivity contribution in [3.8, 4) is 11.3 Å². The maximum atomic E-state index is 5.59. The van der Waals surface area contributed by atoms with Crippen LogP contribution in [-0.2, 0) is 6.42 Å². The lowest BCUT2D eigenvalue weighted by Crippen LogP contribution is -2.31. The molecular formula is C21H25N5O. The van der Waals surface area contributed by atoms with Gasteiger partial charge in [0.05, 0.1) is 11.9 Å².